The topological polar surface area (TPSA) is 50.4 Å². The standard InChI is InChI=1S/C15H24N2O2S/c1-4-9-16-10-11-17-15(18)12(2)20-14-7-5-13(19-3)6-8-14/h5-8,12,16H,4,9-11H2,1-3H3,(H,17,18). The lowest BCUT2D eigenvalue weighted by molar-refractivity contribution is -0.120. The summed E-state index contributed by atoms with van der Waals surface area (Å²) in [5, 5.41) is 6.09. The summed E-state index contributed by atoms with van der Waals surface area (Å²) < 4.78 is 5.11. The molecule has 0 saturated heterocycles. The maximum Gasteiger partial charge on any atom is 0.233 e. The molecule has 0 aromatic heterocycles. The summed E-state index contributed by atoms with van der Waals surface area (Å²) in [4.78, 5) is 13.0. The van der Waals surface area contributed by atoms with Crippen LogP contribution < -0.4 is 15.4 Å². The molecule has 1 aromatic rings. The van der Waals surface area contributed by atoms with Crippen LogP contribution in [0.15, 0.2) is 29.2 Å². The van der Waals surface area contributed by atoms with E-state index in [1.807, 2.05) is 31.2 Å². The third kappa shape index (κ3) is 6.30. The molecule has 112 valence electrons. The van der Waals surface area contributed by atoms with Crippen molar-refractivity contribution >= 4 is 17.7 Å². The number of thioether (sulfide) groups is 1. The maximum atomic E-state index is 11.9. The number of amides is 1. The predicted molar refractivity (Wildman–Crippen MR) is 84.5 cm³/mol. The number of nitrogens with one attached hydrogen (secondary N) is 2. The summed E-state index contributed by atoms with van der Waals surface area (Å²) in [5.74, 6) is 0.901. The van der Waals surface area contributed by atoms with Gasteiger partial charge in [-0.1, -0.05) is 6.92 Å². The quantitative estimate of drug-likeness (QED) is 0.542. The van der Waals surface area contributed by atoms with Gasteiger partial charge in [-0.3, -0.25) is 4.79 Å². The largest absolute Gasteiger partial charge is 0.497 e. The van der Waals surface area contributed by atoms with Gasteiger partial charge in [0.05, 0.1) is 12.4 Å². The minimum Gasteiger partial charge on any atom is -0.497 e. The number of benzene rings is 1. The first-order chi connectivity index (χ1) is 9.67. The van der Waals surface area contributed by atoms with E-state index in [-0.39, 0.29) is 11.2 Å². The van der Waals surface area contributed by atoms with Crippen molar-refractivity contribution in [2.24, 2.45) is 0 Å². The van der Waals surface area contributed by atoms with E-state index in [2.05, 4.69) is 17.6 Å². The monoisotopic (exact) mass is 296 g/mol. The van der Waals surface area contributed by atoms with Gasteiger partial charge in [-0.25, -0.2) is 0 Å². The summed E-state index contributed by atoms with van der Waals surface area (Å²) >= 11 is 1.55. The first-order valence-corrected chi connectivity index (χ1v) is 7.84. The average molecular weight is 296 g/mol. The molecular formula is C15H24N2O2S. The van der Waals surface area contributed by atoms with Gasteiger partial charge in [-0.15, -0.1) is 11.8 Å². The number of ether oxygens (including phenoxy) is 1. The highest BCUT2D eigenvalue weighted by Gasteiger charge is 2.13. The van der Waals surface area contributed by atoms with E-state index in [0.29, 0.717) is 6.54 Å². The minimum atomic E-state index is -0.102. The van der Waals surface area contributed by atoms with Crippen molar-refractivity contribution in [2.75, 3.05) is 26.7 Å². The molecule has 0 bridgehead atoms. The highest BCUT2D eigenvalue weighted by molar-refractivity contribution is 8.00. The molecule has 0 aliphatic rings. The van der Waals surface area contributed by atoms with Crippen LogP contribution in [0.4, 0.5) is 0 Å². The zero-order chi connectivity index (χ0) is 14.8. The van der Waals surface area contributed by atoms with Gasteiger partial charge >= 0.3 is 0 Å². The molecular weight excluding hydrogens is 272 g/mol. The fraction of sp³-hybridized carbons (Fsp3) is 0.533. The molecule has 20 heavy (non-hydrogen) atoms. The van der Waals surface area contributed by atoms with E-state index in [4.69, 9.17) is 4.74 Å². The van der Waals surface area contributed by atoms with Gasteiger partial charge in [0, 0.05) is 18.0 Å². The molecule has 1 rings (SSSR count). The molecule has 0 spiro atoms. The van der Waals surface area contributed by atoms with Gasteiger partial charge in [0.15, 0.2) is 0 Å². The van der Waals surface area contributed by atoms with Crippen molar-refractivity contribution in [1.82, 2.24) is 10.6 Å². The van der Waals surface area contributed by atoms with Crippen molar-refractivity contribution in [3.05, 3.63) is 24.3 Å². The third-order valence-electron chi connectivity index (χ3n) is 2.77. The Morgan fingerprint density at radius 2 is 1.95 bits per heavy atom. The van der Waals surface area contributed by atoms with E-state index in [1.165, 1.54) is 0 Å². The van der Waals surface area contributed by atoms with E-state index < -0.39 is 0 Å². The molecule has 0 fully saturated rings. The summed E-state index contributed by atoms with van der Waals surface area (Å²) in [6, 6.07) is 7.75. The fourth-order valence-electron chi connectivity index (χ4n) is 1.63. The molecule has 1 atom stereocenters. The Labute approximate surface area is 125 Å². The van der Waals surface area contributed by atoms with Gasteiger partial charge in [0.2, 0.25) is 5.91 Å². The highest BCUT2D eigenvalue weighted by Crippen LogP contribution is 2.25. The van der Waals surface area contributed by atoms with Gasteiger partial charge < -0.3 is 15.4 Å². The molecule has 1 amide bonds. The van der Waals surface area contributed by atoms with Crippen molar-refractivity contribution in [3.63, 3.8) is 0 Å². The Kier molecular flexibility index (Phi) is 8.14. The third-order valence-corrected chi connectivity index (χ3v) is 3.88. The van der Waals surface area contributed by atoms with Gasteiger partial charge in [0.1, 0.15) is 5.75 Å². The Morgan fingerprint density at radius 1 is 1.25 bits per heavy atom. The summed E-state index contributed by atoms with van der Waals surface area (Å²) in [7, 11) is 1.64. The van der Waals surface area contributed by atoms with Gasteiger partial charge in [0.25, 0.3) is 0 Å². The van der Waals surface area contributed by atoms with E-state index in [9.17, 15) is 4.79 Å². The van der Waals surface area contributed by atoms with E-state index in [0.717, 1.165) is 30.2 Å². The normalized spacial score (nSPS) is 11.9. The van der Waals surface area contributed by atoms with Crippen LogP contribution >= 0.6 is 11.8 Å². The fourth-order valence-corrected chi connectivity index (χ4v) is 2.52. The summed E-state index contributed by atoms with van der Waals surface area (Å²) in [5.41, 5.74) is 0. The SMILES string of the molecule is CCCNCCNC(=O)C(C)Sc1ccc(OC)cc1. The van der Waals surface area contributed by atoms with Crippen LogP contribution in [0.1, 0.15) is 20.3 Å². The lowest BCUT2D eigenvalue weighted by Gasteiger charge is -2.12. The lowest BCUT2D eigenvalue weighted by Crippen LogP contribution is -2.36. The van der Waals surface area contributed by atoms with Crippen LogP contribution in [0, 0.1) is 0 Å². The number of hydrogen-bond acceptors (Lipinski definition) is 4. The van der Waals surface area contributed by atoms with Crippen LogP contribution in [0.3, 0.4) is 0 Å². The minimum absolute atomic E-state index is 0.0733. The molecule has 0 aliphatic heterocycles. The second-order valence-corrected chi connectivity index (χ2v) is 5.89. The van der Waals surface area contributed by atoms with Crippen molar-refractivity contribution in [1.29, 1.82) is 0 Å². The Bertz CT molecular complexity index is 395. The highest BCUT2D eigenvalue weighted by atomic mass is 32.2. The number of methoxy groups -OCH3 is 1. The Morgan fingerprint density at radius 3 is 2.55 bits per heavy atom. The van der Waals surface area contributed by atoms with Crippen LogP contribution in [-0.4, -0.2) is 37.9 Å². The smallest absolute Gasteiger partial charge is 0.233 e. The van der Waals surface area contributed by atoms with Gasteiger partial charge in [-0.2, -0.15) is 0 Å². The maximum absolute atomic E-state index is 11.9. The molecule has 0 radical (unpaired) electrons. The molecule has 4 nitrogen and oxygen atoms in total. The molecule has 2 N–H and O–H groups in total. The van der Waals surface area contributed by atoms with Crippen LogP contribution in [0.2, 0.25) is 0 Å². The second kappa shape index (κ2) is 9.66. The average Bonchev–Trinajstić information content (AvgIpc) is 2.47. The van der Waals surface area contributed by atoms with Crippen LogP contribution in [0.25, 0.3) is 0 Å². The van der Waals surface area contributed by atoms with Crippen molar-refractivity contribution < 1.29 is 9.53 Å². The summed E-state index contributed by atoms with van der Waals surface area (Å²) in [6.07, 6.45) is 1.11. The first-order valence-electron chi connectivity index (χ1n) is 6.96. The van der Waals surface area contributed by atoms with E-state index in [1.54, 1.807) is 18.9 Å². The lowest BCUT2D eigenvalue weighted by atomic mass is 10.3. The van der Waals surface area contributed by atoms with Crippen LogP contribution in [-0.2, 0) is 4.79 Å². The Hall–Kier alpha value is -1.20. The molecule has 0 heterocycles. The number of carbonyl (C=O) groups is 1. The first kappa shape index (κ1) is 16.9. The molecule has 1 aromatic carbocycles. The molecule has 0 aliphatic carbocycles. The zero-order valence-electron chi connectivity index (χ0n) is 12.4. The predicted octanol–water partition coefficient (Wildman–Crippen LogP) is 2.29. The van der Waals surface area contributed by atoms with E-state index >= 15 is 0 Å². The molecule has 1 unspecified atom stereocenters. The zero-order valence-corrected chi connectivity index (χ0v) is 13.3. The second-order valence-electron chi connectivity index (χ2n) is 4.48. The number of hydrogen-bond donors (Lipinski definition) is 2. The van der Waals surface area contributed by atoms with Crippen molar-refractivity contribution in [3.8, 4) is 5.75 Å². The van der Waals surface area contributed by atoms with Crippen LogP contribution in [0.5, 0.6) is 5.75 Å². The number of carbonyl (C=O) groups excluding carboxylic acids is 1. The van der Waals surface area contributed by atoms with Gasteiger partial charge in [-0.05, 0) is 44.2 Å². The number of rotatable bonds is 9. The Balaban J connectivity index is 2.29. The molecule has 5 heteroatoms. The molecule has 0 saturated carbocycles. The summed E-state index contributed by atoms with van der Waals surface area (Å²) in [6.45, 7) is 6.53. The van der Waals surface area contributed by atoms with Crippen molar-refractivity contribution in [2.45, 2.75) is 30.4 Å².